The number of halogens is 2. The van der Waals surface area contributed by atoms with Crippen molar-refractivity contribution in [3.05, 3.63) is 47.6 Å². The van der Waals surface area contributed by atoms with Crippen LogP contribution in [0.15, 0.2) is 47.6 Å². The Kier molecular flexibility index (Phi) is 3.79. The number of rotatable bonds is 1. The van der Waals surface area contributed by atoms with Gasteiger partial charge in [0.15, 0.2) is 0 Å². The summed E-state index contributed by atoms with van der Waals surface area (Å²) in [5.41, 5.74) is 2.32. The van der Waals surface area contributed by atoms with Crippen molar-refractivity contribution in [3.8, 4) is 0 Å². The average molecular weight is 330 g/mol. The van der Waals surface area contributed by atoms with Crippen LogP contribution < -0.4 is 10.6 Å². The summed E-state index contributed by atoms with van der Waals surface area (Å²) in [4.78, 5) is 0. The van der Waals surface area contributed by atoms with Gasteiger partial charge < -0.3 is 0 Å². The topological polar surface area (TPSA) is 24.1 Å². The zero-order valence-electron chi connectivity index (χ0n) is 7.78. The van der Waals surface area contributed by atoms with E-state index in [4.69, 9.17) is 19.4 Å². The van der Waals surface area contributed by atoms with Gasteiger partial charge in [0.05, 0.1) is 0 Å². The molecule has 0 aromatic heterocycles. The second-order valence-electron chi connectivity index (χ2n) is 3.08. The van der Waals surface area contributed by atoms with Gasteiger partial charge in [-0.05, 0) is 0 Å². The quantitative estimate of drug-likeness (QED) is 0.722. The Morgan fingerprint density at radius 1 is 1.27 bits per heavy atom. The Hall–Kier alpha value is -0.367. The SMILES string of the molecule is [Cl][Ru]([Cl])=[CH]C1=CC(=C2NC=CN2)CC=C1. The predicted molar refractivity (Wildman–Crippen MR) is 62.0 cm³/mol. The van der Waals surface area contributed by atoms with Crippen molar-refractivity contribution in [3.63, 3.8) is 0 Å². The first kappa shape index (κ1) is 11.1. The Bertz CT molecular complexity index is 405. The Morgan fingerprint density at radius 2 is 2.00 bits per heavy atom. The average Bonchev–Trinajstić information content (AvgIpc) is 2.69. The van der Waals surface area contributed by atoms with E-state index >= 15 is 0 Å². The van der Waals surface area contributed by atoms with Crippen molar-refractivity contribution in [2.75, 3.05) is 0 Å². The van der Waals surface area contributed by atoms with Gasteiger partial charge in [0, 0.05) is 0 Å². The van der Waals surface area contributed by atoms with Gasteiger partial charge in [-0.1, -0.05) is 0 Å². The fourth-order valence-electron chi connectivity index (χ4n) is 1.43. The molecule has 82 valence electrons. The summed E-state index contributed by atoms with van der Waals surface area (Å²) < 4.78 is 1.95. The first-order valence-corrected chi connectivity index (χ1v) is 9.86. The van der Waals surface area contributed by atoms with E-state index in [0.29, 0.717) is 0 Å². The molecule has 0 spiro atoms. The first-order chi connectivity index (χ1) is 7.25. The third-order valence-corrected chi connectivity index (χ3v) is 3.92. The van der Waals surface area contributed by atoms with E-state index in [1.807, 2.05) is 17.0 Å². The van der Waals surface area contributed by atoms with Crippen molar-refractivity contribution in [1.82, 2.24) is 10.6 Å². The predicted octanol–water partition coefficient (Wildman–Crippen LogP) is 2.48. The summed E-state index contributed by atoms with van der Waals surface area (Å²) in [5, 5.41) is 6.28. The van der Waals surface area contributed by atoms with E-state index in [2.05, 4.69) is 28.9 Å². The molecule has 2 N–H and O–H groups in total. The molecule has 0 unspecified atom stereocenters. The van der Waals surface area contributed by atoms with Crippen LogP contribution in [0.2, 0.25) is 0 Å². The third-order valence-electron chi connectivity index (χ3n) is 2.04. The molecule has 0 bridgehead atoms. The van der Waals surface area contributed by atoms with E-state index < -0.39 is 13.5 Å². The fraction of sp³-hybridized carbons (Fsp3) is 0.100. The molecule has 0 amide bonds. The molecule has 1 heterocycles. The van der Waals surface area contributed by atoms with Gasteiger partial charge in [0.25, 0.3) is 0 Å². The summed E-state index contributed by atoms with van der Waals surface area (Å²) >= 11 is -1.72. The molecule has 0 saturated heterocycles. The molecule has 1 aliphatic carbocycles. The molecule has 2 rings (SSSR count). The number of hydrogen-bond donors (Lipinski definition) is 2. The van der Waals surface area contributed by atoms with Crippen LogP contribution in [0.25, 0.3) is 0 Å². The number of allylic oxidation sites excluding steroid dienone is 5. The van der Waals surface area contributed by atoms with Crippen molar-refractivity contribution in [2.24, 2.45) is 0 Å². The molecule has 2 nitrogen and oxygen atoms in total. The standard InChI is InChI=1S/C10H10N2.2ClH.Ru/c1-8-3-2-4-9(7-8)10-11-5-6-12-10;;;/h1-3,5-7,11-12H,4H2;2*1H;/q;;;+2/p-2. The Labute approximate surface area is 102 Å². The van der Waals surface area contributed by atoms with Crippen molar-refractivity contribution < 1.29 is 13.5 Å². The third kappa shape index (κ3) is 3.04. The molecule has 0 saturated carbocycles. The van der Waals surface area contributed by atoms with Crippen LogP contribution in [-0.4, -0.2) is 4.61 Å². The zero-order chi connectivity index (χ0) is 10.7. The van der Waals surface area contributed by atoms with Crippen LogP contribution in [0.4, 0.5) is 0 Å². The molecule has 0 atom stereocenters. The van der Waals surface area contributed by atoms with Gasteiger partial charge in [0.1, 0.15) is 0 Å². The molecule has 0 radical (unpaired) electrons. The molecule has 0 aromatic rings. The van der Waals surface area contributed by atoms with Gasteiger partial charge in [-0.25, -0.2) is 0 Å². The molecule has 15 heavy (non-hydrogen) atoms. The first-order valence-electron chi connectivity index (χ1n) is 4.38. The minimum atomic E-state index is -1.72. The van der Waals surface area contributed by atoms with Crippen LogP contribution in [-0.2, 0) is 13.5 Å². The van der Waals surface area contributed by atoms with Crippen LogP contribution in [0.5, 0.6) is 0 Å². The Balaban J connectivity index is 2.24. The summed E-state index contributed by atoms with van der Waals surface area (Å²) in [6, 6.07) is 0. The summed E-state index contributed by atoms with van der Waals surface area (Å²) in [5.74, 6) is 1.04. The van der Waals surface area contributed by atoms with Gasteiger partial charge in [-0.2, -0.15) is 0 Å². The molecule has 2 aliphatic rings. The van der Waals surface area contributed by atoms with Crippen molar-refractivity contribution in [2.45, 2.75) is 6.42 Å². The maximum absolute atomic E-state index is 5.84. The number of hydrogen-bond acceptors (Lipinski definition) is 2. The monoisotopic (exact) mass is 330 g/mol. The van der Waals surface area contributed by atoms with Crippen molar-refractivity contribution in [1.29, 1.82) is 0 Å². The van der Waals surface area contributed by atoms with Gasteiger partial charge in [-0.3, -0.25) is 0 Å². The van der Waals surface area contributed by atoms with Gasteiger partial charge >= 0.3 is 102 Å². The van der Waals surface area contributed by atoms with Gasteiger partial charge in [0.2, 0.25) is 0 Å². The van der Waals surface area contributed by atoms with Crippen LogP contribution in [0.3, 0.4) is 0 Å². The molecule has 0 fully saturated rings. The fourth-order valence-corrected chi connectivity index (χ4v) is 3.24. The summed E-state index contributed by atoms with van der Waals surface area (Å²) in [7, 11) is 11.7. The van der Waals surface area contributed by atoms with Gasteiger partial charge in [-0.15, -0.1) is 0 Å². The van der Waals surface area contributed by atoms with Crippen LogP contribution >= 0.6 is 19.4 Å². The second-order valence-corrected chi connectivity index (χ2v) is 8.80. The summed E-state index contributed by atoms with van der Waals surface area (Å²) in [6.45, 7) is 0. The van der Waals surface area contributed by atoms with Crippen molar-refractivity contribution >= 4 is 24.0 Å². The molecule has 1 aliphatic heterocycles. The van der Waals surface area contributed by atoms with E-state index in [-0.39, 0.29) is 0 Å². The van der Waals surface area contributed by atoms with Crippen LogP contribution in [0.1, 0.15) is 6.42 Å². The molecule has 0 aromatic carbocycles. The summed E-state index contributed by atoms with van der Waals surface area (Å²) in [6.07, 6.45) is 10.9. The maximum atomic E-state index is 5.84. The second kappa shape index (κ2) is 5.11. The van der Waals surface area contributed by atoms with Crippen LogP contribution in [0, 0.1) is 0 Å². The zero-order valence-corrected chi connectivity index (χ0v) is 11.0. The Morgan fingerprint density at radius 3 is 2.67 bits per heavy atom. The van der Waals surface area contributed by atoms with E-state index in [0.717, 1.165) is 17.8 Å². The number of nitrogens with one attached hydrogen (secondary N) is 2. The normalized spacial score (nSPS) is 19.6. The van der Waals surface area contributed by atoms with E-state index in [1.54, 1.807) is 0 Å². The molecular weight excluding hydrogens is 320 g/mol. The minimum absolute atomic E-state index is 0.922. The van der Waals surface area contributed by atoms with E-state index in [1.165, 1.54) is 5.57 Å². The molecular formula is C10H10Cl2N2Ru. The van der Waals surface area contributed by atoms with E-state index in [9.17, 15) is 0 Å². The molecule has 5 heteroatoms.